The van der Waals surface area contributed by atoms with Crippen molar-refractivity contribution < 1.29 is 31.4 Å². The van der Waals surface area contributed by atoms with Crippen molar-refractivity contribution in [3.8, 4) is 0 Å². The van der Waals surface area contributed by atoms with E-state index in [9.17, 15) is 26.7 Å². The van der Waals surface area contributed by atoms with Gasteiger partial charge in [0, 0.05) is 43.8 Å². The van der Waals surface area contributed by atoms with Crippen molar-refractivity contribution in [2.45, 2.75) is 35.9 Å². The minimum atomic E-state index is -4.80. The molecule has 0 radical (unpaired) electrons. The second-order valence-corrected chi connectivity index (χ2v) is 12.8. The molecule has 1 aromatic heterocycles. The van der Waals surface area contributed by atoms with Crippen molar-refractivity contribution in [1.29, 1.82) is 0 Å². The van der Waals surface area contributed by atoms with Crippen LogP contribution in [0.25, 0.3) is 0 Å². The molecule has 1 unspecified atom stereocenters. The lowest BCUT2D eigenvalue weighted by atomic mass is 9.88. The van der Waals surface area contributed by atoms with Crippen molar-refractivity contribution in [3.05, 3.63) is 47.3 Å². The van der Waals surface area contributed by atoms with Crippen molar-refractivity contribution in [2.75, 3.05) is 50.8 Å². The molecule has 0 bridgehead atoms. The highest BCUT2D eigenvalue weighted by Gasteiger charge is 2.51. The number of hydrogen-bond donors (Lipinski definition) is 2. The molecule has 0 aliphatic carbocycles. The summed E-state index contributed by atoms with van der Waals surface area (Å²) in [6.45, 7) is 6.24. The number of benzene rings is 1. The van der Waals surface area contributed by atoms with Gasteiger partial charge in [0.05, 0.1) is 19.3 Å². The Hall–Kier alpha value is -1.70. The summed E-state index contributed by atoms with van der Waals surface area (Å²) in [7, 11) is -3.63. The van der Waals surface area contributed by atoms with E-state index in [4.69, 9.17) is 4.74 Å². The van der Waals surface area contributed by atoms with Gasteiger partial charge in [0.2, 0.25) is 0 Å². The monoisotopic (exact) mass is 533 g/mol. The number of hydrogen-bond acceptors (Lipinski definition) is 7. The maximum Gasteiger partial charge on any atom is 0.421 e. The number of ether oxygens (including phenoxy) is 1. The predicted molar refractivity (Wildman–Crippen MR) is 128 cm³/mol. The quantitative estimate of drug-likeness (QED) is 0.543. The number of rotatable bonds is 8. The summed E-state index contributed by atoms with van der Waals surface area (Å²) in [5, 5.41) is 15.1. The van der Waals surface area contributed by atoms with E-state index >= 15 is 0 Å². The Kier molecular flexibility index (Phi) is 7.26. The van der Waals surface area contributed by atoms with E-state index in [0.29, 0.717) is 38.5 Å². The van der Waals surface area contributed by atoms with Gasteiger partial charge in [-0.15, -0.1) is 11.3 Å². The topological polar surface area (TPSA) is 82.1 Å². The highest BCUT2D eigenvalue weighted by atomic mass is 32.2. The number of sulfonamides is 1. The first-order valence-corrected chi connectivity index (χ1v) is 13.6. The third-order valence-corrected chi connectivity index (χ3v) is 9.92. The number of nitrogens with one attached hydrogen (secondary N) is 1. The van der Waals surface area contributed by atoms with Gasteiger partial charge in [-0.25, -0.2) is 8.42 Å². The van der Waals surface area contributed by atoms with Crippen LogP contribution in [0.3, 0.4) is 0 Å². The van der Waals surface area contributed by atoms with E-state index in [-0.39, 0.29) is 34.3 Å². The molecule has 2 aliphatic heterocycles. The number of halogens is 3. The van der Waals surface area contributed by atoms with E-state index in [2.05, 4.69) is 12.2 Å². The molecule has 2 N–H and O–H groups in total. The van der Waals surface area contributed by atoms with Crippen molar-refractivity contribution >= 4 is 27.0 Å². The lowest BCUT2D eigenvalue weighted by molar-refractivity contribution is -0.258. The maximum atomic E-state index is 13.2. The summed E-state index contributed by atoms with van der Waals surface area (Å²) in [5.74, 6) is 0. The summed E-state index contributed by atoms with van der Waals surface area (Å²) in [4.78, 5) is 2.01. The van der Waals surface area contributed by atoms with Gasteiger partial charge in [0.1, 0.15) is 4.21 Å². The van der Waals surface area contributed by atoms with Gasteiger partial charge < -0.3 is 20.1 Å². The second kappa shape index (κ2) is 9.64. The number of anilines is 1. The van der Waals surface area contributed by atoms with Gasteiger partial charge in [0.25, 0.3) is 10.0 Å². The molecule has 2 aromatic rings. The summed E-state index contributed by atoms with van der Waals surface area (Å²) >= 11 is 1.17. The fraction of sp³-hybridized carbons (Fsp3) is 0.565. The van der Waals surface area contributed by atoms with Crippen LogP contribution in [0, 0.1) is 5.41 Å². The maximum absolute atomic E-state index is 13.2. The average Bonchev–Trinajstić information content (AvgIpc) is 3.33. The minimum absolute atomic E-state index is 0.0348. The Morgan fingerprint density at radius 2 is 1.89 bits per heavy atom. The standard InChI is InChI=1S/C23H30F3N3O4S2/c1-21(15-33-16-21)14-27-12-19-13-28(35(31,32)20-4-3-11-34-20)9-10-29(19)18-7-5-17(6-8-18)22(2,30)23(24,25)26/h3-8,11,19,27,30H,9-10,12-16H2,1-2H3/t19-,22?/m0/s1. The molecular weight excluding hydrogens is 503 g/mol. The number of piperazine rings is 1. The Morgan fingerprint density at radius 1 is 1.20 bits per heavy atom. The normalized spacial score (nSPS) is 23.0. The number of alkyl halides is 3. The second-order valence-electron chi connectivity index (χ2n) is 9.69. The molecule has 7 nitrogen and oxygen atoms in total. The van der Waals surface area contributed by atoms with Gasteiger partial charge >= 0.3 is 6.18 Å². The zero-order chi connectivity index (χ0) is 25.5. The van der Waals surface area contributed by atoms with E-state index in [0.717, 1.165) is 6.92 Å². The van der Waals surface area contributed by atoms with Gasteiger partial charge in [-0.05, 0) is 36.1 Å². The molecule has 0 saturated carbocycles. The molecule has 12 heteroatoms. The van der Waals surface area contributed by atoms with Crippen LogP contribution in [0.1, 0.15) is 19.4 Å². The van der Waals surface area contributed by atoms with Gasteiger partial charge in [0.15, 0.2) is 5.60 Å². The van der Waals surface area contributed by atoms with Gasteiger partial charge in [-0.1, -0.05) is 25.1 Å². The summed E-state index contributed by atoms with van der Waals surface area (Å²) in [6.07, 6.45) is -4.80. The van der Waals surface area contributed by atoms with Crippen LogP contribution in [0.15, 0.2) is 46.0 Å². The third-order valence-electron chi connectivity index (χ3n) is 6.68. The third kappa shape index (κ3) is 5.37. The van der Waals surface area contributed by atoms with Crippen LogP contribution in [0.5, 0.6) is 0 Å². The van der Waals surface area contributed by atoms with Gasteiger partial charge in [-0.2, -0.15) is 17.5 Å². The number of nitrogens with zero attached hydrogens (tertiary/aromatic N) is 2. The van der Waals surface area contributed by atoms with Crippen LogP contribution in [0.2, 0.25) is 0 Å². The van der Waals surface area contributed by atoms with Crippen LogP contribution >= 0.6 is 11.3 Å². The molecule has 2 saturated heterocycles. The molecular formula is C23H30F3N3O4S2. The lowest BCUT2D eigenvalue weighted by Crippen LogP contribution is -2.59. The molecule has 2 atom stereocenters. The zero-order valence-electron chi connectivity index (χ0n) is 19.6. The van der Waals surface area contributed by atoms with Crippen molar-refractivity contribution in [2.24, 2.45) is 5.41 Å². The molecule has 3 heterocycles. The first-order chi connectivity index (χ1) is 16.3. The average molecular weight is 534 g/mol. The summed E-state index contributed by atoms with van der Waals surface area (Å²) in [6, 6.07) is 8.69. The molecule has 1 aromatic carbocycles. The Balaban J connectivity index is 1.54. The van der Waals surface area contributed by atoms with Crippen molar-refractivity contribution in [3.63, 3.8) is 0 Å². The fourth-order valence-corrected chi connectivity index (χ4v) is 6.94. The molecule has 2 aliphatic rings. The predicted octanol–water partition coefficient (Wildman–Crippen LogP) is 3.02. The molecule has 0 spiro atoms. The largest absolute Gasteiger partial charge is 0.421 e. The Bertz CT molecular complexity index is 1100. The molecule has 194 valence electrons. The van der Waals surface area contributed by atoms with E-state index in [1.54, 1.807) is 29.6 Å². The SMILES string of the molecule is CC1(CNC[C@H]2CN(S(=O)(=O)c3cccs3)CCN2c2ccc(C(C)(O)C(F)(F)F)cc2)COC1. The smallest absolute Gasteiger partial charge is 0.380 e. The first kappa shape index (κ1) is 26.4. The zero-order valence-corrected chi connectivity index (χ0v) is 21.2. The molecule has 35 heavy (non-hydrogen) atoms. The first-order valence-electron chi connectivity index (χ1n) is 11.3. The summed E-state index contributed by atoms with van der Waals surface area (Å²) in [5.41, 5.74) is -2.50. The molecule has 4 rings (SSSR count). The summed E-state index contributed by atoms with van der Waals surface area (Å²) < 4.78 is 73.0. The van der Waals surface area contributed by atoms with Crippen molar-refractivity contribution in [1.82, 2.24) is 9.62 Å². The van der Waals surface area contributed by atoms with Crippen LogP contribution in [-0.4, -0.2) is 76.0 Å². The van der Waals surface area contributed by atoms with Crippen LogP contribution in [0.4, 0.5) is 18.9 Å². The van der Waals surface area contributed by atoms with E-state index < -0.39 is 21.8 Å². The van der Waals surface area contributed by atoms with E-state index in [1.165, 1.54) is 27.8 Å². The fourth-order valence-electron chi connectivity index (χ4n) is 4.33. The molecule has 0 amide bonds. The van der Waals surface area contributed by atoms with E-state index in [1.807, 2.05) is 4.90 Å². The minimum Gasteiger partial charge on any atom is -0.380 e. The lowest BCUT2D eigenvalue weighted by Gasteiger charge is -2.43. The Morgan fingerprint density at radius 3 is 2.43 bits per heavy atom. The number of aliphatic hydroxyl groups is 1. The van der Waals surface area contributed by atoms with Crippen LogP contribution < -0.4 is 10.2 Å². The Labute approximate surface area is 207 Å². The molecule has 2 fully saturated rings. The highest BCUT2D eigenvalue weighted by molar-refractivity contribution is 7.91. The number of thiophene rings is 1. The van der Waals surface area contributed by atoms with Gasteiger partial charge in [-0.3, -0.25) is 0 Å². The highest BCUT2D eigenvalue weighted by Crippen LogP contribution is 2.39. The van der Waals surface area contributed by atoms with Crippen LogP contribution in [-0.2, 0) is 20.4 Å².